The van der Waals surface area contributed by atoms with Gasteiger partial charge in [-0.1, -0.05) is 0 Å². The number of fused-ring (bicyclic) bond motifs is 3. The molecule has 2 atom stereocenters. The van der Waals surface area contributed by atoms with Gasteiger partial charge in [0.2, 0.25) is 0 Å². The molecule has 2 aromatic rings. The minimum Gasteiger partial charge on any atom is -0.328 e. The number of pyridine rings is 1. The number of rotatable bonds is 3. The van der Waals surface area contributed by atoms with Crippen LogP contribution >= 0.6 is 0 Å². The van der Waals surface area contributed by atoms with Gasteiger partial charge in [0.15, 0.2) is 0 Å². The van der Waals surface area contributed by atoms with Gasteiger partial charge in [0, 0.05) is 75.1 Å². The van der Waals surface area contributed by atoms with Gasteiger partial charge in [0.25, 0.3) is 0 Å². The Balaban J connectivity index is 1.63. The Morgan fingerprint density at radius 1 is 1.20 bits per heavy atom. The average Bonchev–Trinajstić information content (AvgIpc) is 2.84. The molecule has 0 radical (unpaired) electrons. The van der Waals surface area contributed by atoms with Crippen LogP contribution in [0.1, 0.15) is 30.7 Å². The third kappa shape index (κ3) is 3.33. The van der Waals surface area contributed by atoms with Crippen LogP contribution in [0.2, 0.25) is 0 Å². The first kappa shape index (κ1) is 17.0. The van der Waals surface area contributed by atoms with Crippen molar-refractivity contribution >= 4 is 11.0 Å². The standard InChI is InChI=1S/C20H31N5/c1-14-9-17-18-13-23(4)6-5-19(18)25(20(17)21-10-14)8-7-24-11-15(2)22-16(3)12-24/h9-10,15-16,22H,5-8,11-13H2,1-4H3/t15-,16-/m1/s1. The number of hydrogen-bond acceptors (Lipinski definition) is 4. The fraction of sp³-hybridized carbons (Fsp3) is 0.650. The van der Waals surface area contributed by atoms with Crippen LogP contribution in [0.3, 0.4) is 0 Å². The topological polar surface area (TPSA) is 36.3 Å². The number of nitrogens with one attached hydrogen (secondary N) is 1. The highest BCUT2D eigenvalue weighted by Gasteiger charge is 2.25. The van der Waals surface area contributed by atoms with E-state index in [9.17, 15) is 0 Å². The summed E-state index contributed by atoms with van der Waals surface area (Å²) in [6.45, 7) is 13.3. The Hall–Kier alpha value is -1.43. The Morgan fingerprint density at radius 3 is 2.72 bits per heavy atom. The fourth-order valence-electron chi connectivity index (χ4n) is 4.66. The number of nitrogens with zero attached hydrogens (tertiary/aromatic N) is 4. The summed E-state index contributed by atoms with van der Waals surface area (Å²) in [6.07, 6.45) is 3.15. The molecule has 0 saturated carbocycles. The molecule has 0 unspecified atom stereocenters. The molecule has 0 spiro atoms. The molecule has 2 aliphatic rings. The second-order valence-corrected chi connectivity index (χ2v) is 8.18. The molecular formula is C20H31N5. The van der Waals surface area contributed by atoms with E-state index in [0.29, 0.717) is 12.1 Å². The number of piperazine rings is 1. The first-order chi connectivity index (χ1) is 12.0. The SMILES string of the molecule is Cc1cnc2c(c1)c1c(n2CCN2C[C@@H](C)N[C@H](C)C2)CCN(C)C1. The third-order valence-electron chi connectivity index (χ3n) is 5.69. The number of aromatic nitrogens is 2. The minimum atomic E-state index is 0.577. The van der Waals surface area contributed by atoms with Gasteiger partial charge in [0.05, 0.1) is 0 Å². The van der Waals surface area contributed by atoms with Gasteiger partial charge in [-0.15, -0.1) is 0 Å². The molecule has 0 amide bonds. The number of aryl methyl sites for hydroxylation is 1. The van der Waals surface area contributed by atoms with E-state index in [-0.39, 0.29) is 0 Å². The van der Waals surface area contributed by atoms with Crippen molar-refractivity contribution < 1.29 is 0 Å². The van der Waals surface area contributed by atoms with Gasteiger partial charge < -0.3 is 14.8 Å². The number of likely N-dealkylation sites (N-methyl/N-ethyl adjacent to an activating group) is 1. The van der Waals surface area contributed by atoms with E-state index in [1.54, 1.807) is 0 Å². The molecule has 1 saturated heterocycles. The summed E-state index contributed by atoms with van der Waals surface area (Å²) >= 11 is 0. The molecule has 5 nitrogen and oxygen atoms in total. The first-order valence-electron chi connectivity index (χ1n) is 9.65. The second-order valence-electron chi connectivity index (χ2n) is 8.18. The van der Waals surface area contributed by atoms with Crippen molar-refractivity contribution in [3.63, 3.8) is 0 Å². The lowest BCUT2D eigenvalue weighted by molar-refractivity contribution is 0.168. The summed E-state index contributed by atoms with van der Waals surface area (Å²) in [5.74, 6) is 0. The van der Waals surface area contributed by atoms with E-state index in [1.807, 2.05) is 6.20 Å². The molecule has 4 heterocycles. The molecule has 0 bridgehead atoms. The van der Waals surface area contributed by atoms with E-state index < -0.39 is 0 Å². The van der Waals surface area contributed by atoms with Gasteiger partial charge in [-0.3, -0.25) is 4.90 Å². The van der Waals surface area contributed by atoms with Crippen molar-refractivity contribution in [1.82, 2.24) is 24.7 Å². The summed E-state index contributed by atoms with van der Waals surface area (Å²) in [5, 5.41) is 4.99. The highest BCUT2D eigenvalue weighted by atomic mass is 15.2. The van der Waals surface area contributed by atoms with Crippen LogP contribution in [0.15, 0.2) is 12.3 Å². The van der Waals surface area contributed by atoms with Gasteiger partial charge in [-0.2, -0.15) is 0 Å². The molecule has 0 aromatic carbocycles. The van der Waals surface area contributed by atoms with Crippen LogP contribution in [0.4, 0.5) is 0 Å². The smallest absolute Gasteiger partial charge is 0.140 e. The van der Waals surface area contributed by atoms with Crippen LogP contribution in [0, 0.1) is 6.92 Å². The second kappa shape index (κ2) is 6.71. The Labute approximate surface area is 151 Å². The lowest BCUT2D eigenvalue weighted by atomic mass is 10.1. The van der Waals surface area contributed by atoms with Crippen LogP contribution in [0.5, 0.6) is 0 Å². The van der Waals surface area contributed by atoms with Gasteiger partial charge in [-0.25, -0.2) is 4.98 Å². The van der Waals surface area contributed by atoms with E-state index in [1.165, 1.54) is 27.9 Å². The van der Waals surface area contributed by atoms with Crippen LogP contribution in [0.25, 0.3) is 11.0 Å². The van der Waals surface area contributed by atoms with Crippen molar-refractivity contribution in [3.8, 4) is 0 Å². The molecule has 4 rings (SSSR count). The molecule has 136 valence electrons. The molecule has 5 heteroatoms. The van der Waals surface area contributed by atoms with Gasteiger partial charge in [0.1, 0.15) is 5.65 Å². The summed E-state index contributed by atoms with van der Waals surface area (Å²) in [6, 6.07) is 3.48. The van der Waals surface area contributed by atoms with E-state index in [2.05, 4.69) is 53.6 Å². The first-order valence-corrected chi connectivity index (χ1v) is 9.65. The maximum atomic E-state index is 4.82. The molecule has 2 aliphatic heterocycles. The zero-order valence-electron chi connectivity index (χ0n) is 16.0. The van der Waals surface area contributed by atoms with E-state index in [4.69, 9.17) is 4.98 Å². The normalized spacial score (nSPS) is 25.4. The minimum absolute atomic E-state index is 0.577. The van der Waals surface area contributed by atoms with Crippen molar-refractivity contribution in [2.24, 2.45) is 0 Å². The van der Waals surface area contributed by atoms with Crippen molar-refractivity contribution in [2.75, 3.05) is 33.2 Å². The molecular weight excluding hydrogens is 310 g/mol. The predicted octanol–water partition coefficient (Wildman–Crippen LogP) is 2.01. The van der Waals surface area contributed by atoms with E-state index in [0.717, 1.165) is 45.7 Å². The average molecular weight is 342 g/mol. The molecule has 1 N–H and O–H groups in total. The monoisotopic (exact) mass is 341 g/mol. The third-order valence-corrected chi connectivity index (χ3v) is 5.69. The van der Waals surface area contributed by atoms with Gasteiger partial charge in [-0.05, 0) is 45.0 Å². The predicted molar refractivity (Wildman–Crippen MR) is 103 cm³/mol. The number of hydrogen-bond donors (Lipinski definition) is 1. The molecule has 1 fully saturated rings. The Bertz CT molecular complexity index is 755. The highest BCUT2D eigenvalue weighted by Crippen LogP contribution is 2.30. The maximum absolute atomic E-state index is 4.82. The van der Waals surface area contributed by atoms with E-state index >= 15 is 0 Å². The summed E-state index contributed by atoms with van der Waals surface area (Å²) in [5.41, 5.74) is 5.46. The van der Waals surface area contributed by atoms with Crippen LogP contribution < -0.4 is 5.32 Å². The zero-order chi connectivity index (χ0) is 17.6. The summed E-state index contributed by atoms with van der Waals surface area (Å²) in [7, 11) is 2.22. The molecule has 2 aromatic heterocycles. The Kier molecular flexibility index (Phi) is 4.56. The van der Waals surface area contributed by atoms with Crippen molar-refractivity contribution in [3.05, 3.63) is 29.1 Å². The quantitative estimate of drug-likeness (QED) is 0.927. The van der Waals surface area contributed by atoms with Crippen molar-refractivity contribution in [2.45, 2.75) is 52.4 Å². The van der Waals surface area contributed by atoms with Gasteiger partial charge >= 0.3 is 0 Å². The largest absolute Gasteiger partial charge is 0.328 e. The molecule has 25 heavy (non-hydrogen) atoms. The molecule has 0 aliphatic carbocycles. The highest BCUT2D eigenvalue weighted by molar-refractivity contribution is 5.83. The fourth-order valence-corrected chi connectivity index (χ4v) is 4.66. The Morgan fingerprint density at radius 2 is 1.96 bits per heavy atom. The van der Waals surface area contributed by atoms with Crippen LogP contribution in [-0.4, -0.2) is 64.7 Å². The zero-order valence-corrected chi connectivity index (χ0v) is 16.0. The summed E-state index contributed by atoms with van der Waals surface area (Å²) < 4.78 is 2.51. The van der Waals surface area contributed by atoms with Crippen LogP contribution in [-0.2, 0) is 19.5 Å². The van der Waals surface area contributed by atoms with Crippen molar-refractivity contribution in [1.29, 1.82) is 0 Å². The maximum Gasteiger partial charge on any atom is 0.140 e. The lowest BCUT2D eigenvalue weighted by Crippen LogP contribution is -2.54. The lowest BCUT2D eigenvalue weighted by Gasteiger charge is -2.36. The summed E-state index contributed by atoms with van der Waals surface area (Å²) in [4.78, 5) is 9.85.